The number of hydrogen-bond acceptors (Lipinski definition) is 4. The molecule has 0 bridgehead atoms. The second-order valence-corrected chi connectivity index (χ2v) is 8.49. The molecule has 29 heavy (non-hydrogen) atoms. The Labute approximate surface area is 170 Å². The summed E-state index contributed by atoms with van der Waals surface area (Å²) in [6.45, 7) is 1.87. The molecule has 2 aromatic rings. The van der Waals surface area contributed by atoms with Crippen molar-refractivity contribution in [3.8, 4) is 12.3 Å². The van der Waals surface area contributed by atoms with Crippen molar-refractivity contribution >= 4 is 21.8 Å². The molecule has 0 radical (unpaired) electrons. The van der Waals surface area contributed by atoms with Crippen molar-refractivity contribution in [1.29, 1.82) is 0 Å². The van der Waals surface area contributed by atoms with Crippen LogP contribution in [0.25, 0.3) is 0 Å². The van der Waals surface area contributed by atoms with Crippen LogP contribution in [0, 0.1) is 19.3 Å². The predicted molar refractivity (Wildman–Crippen MR) is 110 cm³/mol. The number of benzene rings is 2. The van der Waals surface area contributed by atoms with E-state index in [1.165, 1.54) is 12.1 Å². The molecule has 7 heteroatoms. The zero-order valence-corrected chi connectivity index (χ0v) is 16.7. The summed E-state index contributed by atoms with van der Waals surface area (Å²) in [5, 5.41) is 0. The molecule has 1 aliphatic heterocycles. The SMILES string of the molecule is C#CCN(C/C=C\CN1C(=O)c2ccccc2C1=O)S(=O)(=O)c1ccc(C)cc1. The lowest BCUT2D eigenvalue weighted by Gasteiger charge is -2.18. The smallest absolute Gasteiger partial charge is 0.261 e. The Hall–Kier alpha value is -3.21. The van der Waals surface area contributed by atoms with Crippen LogP contribution < -0.4 is 0 Å². The molecule has 0 saturated carbocycles. The van der Waals surface area contributed by atoms with Crippen molar-refractivity contribution in [3.63, 3.8) is 0 Å². The van der Waals surface area contributed by atoms with Crippen LogP contribution in [0.3, 0.4) is 0 Å². The average Bonchev–Trinajstić information content (AvgIpc) is 2.95. The third-order valence-electron chi connectivity index (χ3n) is 4.57. The Morgan fingerprint density at radius 2 is 1.59 bits per heavy atom. The van der Waals surface area contributed by atoms with Gasteiger partial charge in [0, 0.05) is 13.1 Å². The van der Waals surface area contributed by atoms with Crippen LogP contribution in [0.1, 0.15) is 26.3 Å². The lowest BCUT2D eigenvalue weighted by Crippen LogP contribution is -2.32. The first-order valence-electron chi connectivity index (χ1n) is 8.96. The van der Waals surface area contributed by atoms with E-state index in [0.29, 0.717) is 11.1 Å². The molecule has 0 fully saturated rings. The third-order valence-corrected chi connectivity index (χ3v) is 6.39. The van der Waals surface area contributed by atoms with Gasteiger partial charge in [-0.1, -0.05) is 47.9 Å². The highest BCUT2D eigenvalue weighted by molar-refractivity contribution is 7.89. The molecular weight excluding hydrogens is 388 g/mol. The molecule has 3 rings (SSSR count). The average molecular weight is 408 g/mol. The Morgan fingerprint density at radius 3 is 2.14 bits per heavy atom. The van der Waals surface area contributed by atoms with Crippen molar-refractivity contribution in [2.24, 2.45) is 0 Å². The number of terminal acetylenes is 1. The summed E-state index contributed by atoms with van der Waals surface area (Å²) >= 11 is 0. The number of imide groups is 1. The first-order valence-corrected chi connectivity index (χ1v) is 10.4. The van der Waals surface area contributed by atoms with Crippen LogP contribution in [-0.2, 0) is 10.0 Å². The number of fused-ring (bicyclic) bond motifs is 1. The molecule has 0 atom stereocenters. The molecule has 2 aromatic carbocycles. The molecule has 1 aliphatic rings. The number of sulfonamides is 1. The highest BCUT2D eigenvalue weighted by Crippen LogP contribution is 2.22. The number of carbonyl (C=O) groups excluding carboxylic acids is 2. The van der Waals surface area contributed by atoms with Gasteiger partial charge in [-0.25, -0.2) is 8.42 Å². The molecular formula is C22H20N2O4S. The summed E-state index contributed by atoms with van der Waals surface area (Å²) in [4.78, 5) is 26.0. The summed E-state index contributed by atoms with van der Waals surface area (Å²) in [5.74, 6) is 1.64. The standard InChI is InChI=1S/C22H20N2O4S/c1-3-14-23(29(27,28)18-12-10-17(2)11-13-18)15-6-7-16-24-21(25)19-8-4-5-9-20(19)22(24)26/h1,4-13H,14-16H2,2H3/b7-6-. The van der Waals surface area contributed by atoms with E-state index >= 15 is 0 Å². The van der Waals surface area contributed by atoms with Crippen LogP contribution in [-0.4, -0.2) is 49.1 Å². The summed E-state index contributed by atoms with van der Waals surface area (Å²) in [6.07, 6.45) is 8.52. The Bertz CT molecular complexity index is 1080. The number of nitrogens with zero attached hydrogens (tertiary/aromatic N) is 2. The van der Waals surface area contributed by atoms with Crippen LogP contribution in [0.4, 0.5) is 0 Å². The highest BCUT2D eigenvalue weighted by atomic mass is 32.2. The maximum absolute atomic E-state index is 12.8. The van der Waals surface area contributed by atoms with Gasteiger partial charge >= 0.3 is 0 Å². The molecule has 1 heterocycles. The highest BCUT2D eigenvalue weighted by Gasteiger charge is 2.34. The number of aryl methyl sites for hydroxylation is 1. The van der Waals surface area contributed by atoms with Gasteiger partial charge < -0.3 is 0 Å². The number of rotatable bonds is 7. The van der Waals surface area contributed by atoms with Gasteiger partial charge in [0.15, 0.2) is 0 Å². The summed E-state index contributed by atoms with van der Waals surface area (Å²) in [6, 6.07) is 13.2. The van der Waals surface area contributed by atoms with E-state index < -0.39 is 10.0 Å². The fraction of sp³-hybridized carbons (Fsp3) is 0.182. The van der Waals surface area contributed by atoms with Gasteiger partial charge in [0.2, 0.25) is 10.0 Å². The Balaban J connectivity index is 1.69. The van der Waals surface area contributed by atoms with E-state index in [1.54, 1.807) is 48.6 Å². The fourth-order valence-electron chi connectivity index (χ4n) is 2.99. The van der Waals surface area contributed by atoms with Crippen molar-refractivity contribution in [2.45, 2.75) is 11.8 Å². The summed E-state index contributed by atoms with van der Waals surface area (Å²) in [7, 11) is -3.75. The lowest BCUT2D eigenvalue weighted by molar-refractivity contribution is 0.0672. The van der Waals surface area contributed by atoms with Gasteiger partial charge in [-0.15, -0.1) is 6.42 Å². The van der Waals surface area contributed by atoms with Gasteiger partial charge in [0.1, 0.15) is 0 Å². The Morgan fingerprint density at radius 1 is 1.00 bits per heavy atom. The minimum Gasteiger partial charge on any atom is -0.270 e. The van der Waals surface area contributed by atoms with Crippen molar-refractivity contribution in [1.82, 2.24) is 9.21 Å². The van der Waals surface area contributed by atoms with E-state index in [0.717, 1.165) is 14.8 Å². The van der Waals surface area contributed by atoms with Gasteiger partial charge in [-0.3, -0.25) is 14.5 Å². The molecule has 0 aliphatic carbocycles. The van der Waals surface area contributed by atoms with Crippen molar-refractivity contribution in [3.05, 3.63) is 77.4 Å². The Kier molecular flexibility index (Phi) is 5.97. The maximum atomic E-state index is 12.8. The van der Waals surface area contributed by atoms with Gasteiger partial charge in [-0.2, -0.15) is 4.31 Å². The third kappa shape index (κ3) is 4.14. The first-order chi connectivity index (χ1) is 13.9. The normalized spacial score (nSPS) is 13.9. The van der Waals surface area contributed by atoms with Crippen LogP contribution in [0.15, 0.2) is 65.6 Å². The minimum absolute atomic E-state index is 0.0313. The topological polar surface area (TPSA) is 74.8 Å². The quantitative estimate of drug-likeness (QED) is 0.401. The lowest BCUT2D eigenvalue weighted by atomic mass is 10.1. The van der Waals surface area contributed by atoms with Crippen molar-refractivity contribution in [2.75, 3.05) is 19.6 Å². The molecule has 0 saturated heterocycles. The number of amides is 2. The van der Waals surface area contributed by atoms with E-state index in [9.17, 15) is 18.0 Å². The molecule has 148 valence electrons. The predicted octanol–water partition coefficient (Wildman–Crippen LogP) is 2.47. The molecule has 6 nitrogen and oxygen atoms in total. The molecule has 0 spiro atoms. The van der Waals surface area contributed by atoms with Gasteiger partial charge in [0.05, 0.1) is 22.6 Å². The second-order valence-electron chi connectivity index (χ2n) is 6.55. The van der Waals surface area contributed by atoms with Gasteiger partial charge in [-0.05, 0) is 31.2 Å². The second kappa shape index (κ2) is 8.43. The number of hydrogen-bond donors (Lipinski definition) is 0. The molecule has 0 N–H and O–H groups in total. The molecule has 0 unspecified atom stereocenters. The zero-order valence-electron chi connectivity index (χ0n) is 15.9. The van der Waals surface area contributed by atoms with Crippen LogP contribution >= 0.6 is 0 Å². The first kappa shape index (κ1) is 20.5. The number of carbonyl (C=O) groups is 2. The summed E-state index contributed by atoms with van der Waals surface area (Å²) in [5.41, 5.74) is 1.71. The van der Waals surface area contributed by atoms with E-state index in [4.69, 9.17) is 6.42 Å². The van der Waals surface area contributed by atoms with Crippen molar-refractivity contribution < 1.29 is 18.0 Å². The van der Waals surface area contributed by atoms with E-state index in [1.807, 2.05) is 6.92 Å². The van der Waals surface area contributed by atoms with E-state index in [-0.39, 0.29) is 36.3 Å². The monoisotopic (exact) mass is 408 g/mol. The van der Waals surface area contributed by atoms with Crippen LogP contribution in [0.2, 0.25) is 0 Å². The summed E-state index contributed by atoms with van der Waals surface area (Å²) < 4.78 is 26.8. The molecule has 2 amide bonds. The van der Waals surface area contributed by atoms with Gasteiger partial charge in [0.25, 0.3) is 11.8 Å². The largest absolute Gasteiger partial charge is 0.270 e. The van der Waals surface area contributed by atoms with Crippen LogP contribution in [0.5, 0.6) is 0 Å². The van der Waals surface area contributed by atoms with E-state index in [2.05, 4.69) is 5.92 Å². The fourth-order valence-corrected chi connectivity index (χ4v) is 4.29. The maximum Gasteiger partial charge on any atom is 0.261 e. The zero-order chi connectivity index (χ0) is 21.0. The minimum atomic E-state index is -3.75. The molecule has 0 aromatic heterocycles.